The molecule has 0 unspecified atom stereocenters. The zero-order chi connectivity index (χ0) is 13.4. The van der Waals surface area contributed by atoms with E-state index >= 15 is 0 Å². The second-order valence-electron chi connectivity index (χ2n) is 5.15. The van der Waals surface area contributed by atoms with Crippen molar-refractivity contribution in [3.8, 4) is 16.9 Å². The first-order valence-corrected chi connectivity index (χ1v) is 6.72. The minimum Gasteiger partial charge on any atom is -0.496 e. The smallest absolute Gasteiger partial charge is 0.124 e. The maximum absolute atomic E-state index is 5.45. The Bertz CT molecular complexity index is 608. The van der Waals surface area contributed by atoms with E-state index in [1.165, 1.54) is 33.5 Å². The second-order valence-corrected chi connectivity index (χ2v) is 5.15. The summed E-state index contributed by atoms with van der Waals surface area (Å²) in [7, 11) is 1.74. The molecule has 1 N–H and O–H groups in total. The van der Waals surface area contributed by atoms with Crippen molar-refractivity contribution in [3.63, 3.8) is 0 Å². The Labute approximate surface area is 114 Å². The second kappa shape index (κ2) is 4.61. The van der Waals surface area contributed by atoms with E-state index in [0.29, 0.717) is 0 Å². The highest BCUT2D eigenvalue weighted by atomic mass is 16.5. The van der Waals surface area contributed by atoms with E-state index in [1.54, 1.807) is 7.11 Å². The predicted octanol–water partition coefficient (Wildman–Crippen LogP) is 3.95. The van der Waals surface area contributed by atoms with Crippen molar-refractivity contribution in [2.24, 2.45) is 0 Å². The molecular weight excluding hydrogens is 234 g/mol. The normalized spacial score (nSPS) is 13.0. The van der Waals surface area contributed by atoms with Gasteiger partial charge in [0.15, 0.2) is 0 Å². The maximum Gasteiger partial charge on any atom is 0.124 e. The van der Waals surface area contributed by atoms with E-state index in [1.807, 2.05) is 0 Å². The summed E-state index contributed by atoms with van der Waals surface area (Å²) in [6, 6.07) is 10.9. The number of nitrogens with one attached hydrogen (secondary N) is 1. The van der Waals surface area contributed by atoms with E-state index in [4.69, 9.17) is 4.74 Å². The molecule has 0 bridgehead atoms. The van der Waals surface area contributed by atoms with Gasteiger partial charge in [0.05, 0.1) is 7.11 Å². The lowest BCUT2D eigenvalue weighted by Crippen LogP contribution is -1.93. The van der Waals surface area contributed by atoms with E-state index < -0.39 is 0 Å². The lowest BCUT2D eigenvalue weighted by molar-refractivity contribution is 0.408. The predicted molar refractivity (Wildman–Crippen MR) is 80.1 cm³/mol. The first-order chi connectivity index (χ1) is 9.20. The van der Waals surface area contributed by atoms with Crippen molar-refractivity contribution in [1.29, 1.82) is 0 Å². The van der Waals surface area contributed by atoms with Crippen molar-refractivity contribution in [2.45, 2.75) is 20.3 Å². The van der Waals surface area contributed by atoms with Gasteiger partial charge in [-0.1, -0.05) is 12.1 Å². The molecule has 0 fully saturated rings. The van der Waals surface area contributed by atoms with Crippen LogP contribution in [0.4, 0.5) is 5.69 Å². The summed E-state index contributed by atoms with van der Waals surface area (Å²) in [5.74, 6) is 0.995. The van der Waals surface area contributed by atoms with Crippen LogP contribution in [-0.4, -0.2) is 13.7 Å². The highest BCUT2D eigenvalue weighted by Gasteiger charge is 2.16. The minimum atomic E-state index is 0.995. The summed E-state index contributed by atoms with van der Waals surface area (Å²) in [5.41, 5.74) is 7.74. The van der Waals surface area contributed by atoms with Crippen molar-refractivity contribution in [3.05, 3.63) is 47.0 Å². The van der Waals surface area contributed by atoms with Gasteiger partial charge >= 0.3 is 0 Å². The quantitative estimate of drug-likeness (QED) is 0.875. The number of hydrogen-bond donors (Lipinski definition) is 1. The van der Waals surface area contributed by atoms with Crippen LogP contribution in [0.1, 0.15) is 16.7 Å². The fraction of sp³-hybridized carbons (Fsp3) is 0.294. The molecule has 1 aliphatic heterocycles. The number of rotatable bonds is 2. The molecule has 0 aromatic heterocycles. The lowest BCUT2D eigenvalue weighted by Gasteiger charge is -2.13. The summed E-state index contributed by atoms with van der Waals surface area (Å²) in [6.07, 6.45) is 1.11. The average molecular weight is 253 g/mol. The molecule has 98 valence electrons. The highest BCUT2D eigenvalue weighted by Crippen LogP contribution is 2.36. The molecule has 0 saturated heterocycles. The zero-order valence-corrected chi connectivity index (χ0v) is 11.7. The third-order valence-electron chi connectivity index (χ3n) is 3.84. The van der Waals surface area contributed by atoms with Crippen LogP contribution in [0, 0.1) is 13.8 Å². The number of ether oxygens (including phenoxy) is 1. The highest BCUT2D eigenvalue weighted by molar-refractivity contribution is 5.77. The monoisotopic (exact) mass is 253 g/mol. The van der Waals surface area contributed by atoms with Crippen molar-refractivity contribution in [1.82, 2.24) is 0 Å². The summed E-state index contributed by atoms with van der Waals surface area (Å²) in [4.78, 5) is 0. The van der Waals surface area contributed by atoms with Gasteiger partial charge in [0.1, 0.15) is 5.75 Å². The molecule has 3 rings (SSSR count). The Morgan fingerprint density at radius 1 is 1.11 bits per heavy atom. The van der Waals surface area contributed by atoms with Crippen molar-refractivity contribution >= 4 is 5.69 Å². The molecule has 2 aromatic carbocycles. The van der Waals surface area contributed by atoms with Gasteiger partial charge in [0.2, 0.25) is 0 Å². The minimum absolute atomic E-state index is 0.995. The topological polar surface area (TPSA) is 21.3 Å². The number of fused-ring (bicyclic) bond motifs is 1. The van der Waals surface area contributed by atoms with Crippen LogP contribution in [0.25, 0.3) is 11.1 Å². The molecular formula is C17H19NO. The molecule has 0 spiro atoms. The fourth-order valence-corrected chi connectivity index (χ4v) is 3.04. The van der Waals surface area contributed by atoms with Crippen LogP contribution in [0.15, 0.2) is 30.3 Å². The Kier molecular flexibility index (Phi) is 2.94. The summed E-state index contributed by atoms with van der Waals surface area (Å²) in [5, 5.41) is 3.44. The molecule has 2 heteroatoms. The molecule has 0 saturated carbocycles. The maximum atomic E-state index is 5.45. The number of anilines is 1. The molecule has 2 nitrogen and oxygen atoms in total. The van der Waals surface area contributed by atoms with E-state index in [0.717, 1.165) is 18.7 Å². The van der Waals surface area contributed by atoms with E-state index in [2.05, 4.69) is 49.5 Å². The molecule has 0 radical (unpaired) electrons. The lowest BCUT2D eigenvalue weighted by atomic mass is 9.95. The van der Waals surface area contributed by atoms with Gasteiger partial charge in [0.25, 0.3) is 0 Å². The van der Waals surface area contributed by atoms with E-state index in [-0.39, 0.29) is 0 Å². The van der Waals surface area contributed by atoms with E-state index in [9.17, 15) is 0 Å². The Morgan fingerprint density at radius 2 is 1.84 bits per heavy atom. The van der Waals surface area contributed by atoms with Crippen LogP contribution in [-0.2, 0) is 6.42 Å². The molecule has 0 atom stereocenters. The third-order valence-corrected chi connectivity index (χ3v) is 3.84. The van der Waals surface area contributed by atoms with Crippen LogP contribution in [0.5, 0.6) is 5.75 Å². The van der Waals surface area contributed by atoms with Crippen molar-refractivity contribution < 1.29 is 4.74 Å². The zero-order valence-electron chi connectivity index (χ0n) is 11.7. The summed E-state index contributed by atoms with van der Waals surface area (Å²) in [6.45, 7) is 5.26. The molecule has 1 aliphatic rings. The summed E-state index contributed by atoms with van der Waals surface area (Å²) < 4.78 is 5.45. The largest absolute Gasteiger partial charge is 0.496 e. The number of hydrogen-bond acceptors (Lipinski definition) is 2. The van der Waals surface area contributed by atoms with Crippen LogP contribution >= 0.6 is 0 Å². The Balaban J connectivity index is 2.16. The van der Waals surface area contributed by atoms with Gasteiger partial charge in [0, 0.05) is 12.2 Å². The van der Waals surface area contributed by atoms with Gasteiger partial charge < -0.3 is 10.1 Å². The average Bonchev–Trinajstić information content (AvgIpc) is 2.86. The molecule has 0 amide bonds. The van der Waals surface area contributed by atoms with Gasteiger partial charge in [-0.2, -0.15) is 0 Å². The van der Waals surface area contributed by atoms with Gasteiger partial charge in [-0.3, -0.25) is 0 Å². The molecule has 19 heavy (non-hydrogen) atoms. The van der Waals surface area contributed by atoms with Crippen molar-refractivity contribution in [2.75, 3.05) is 19.0 Å². The number of methoxy groups -OCH3 is 1. The SMILES string of the molecule is COc1c(C)cc(-c2cccc3c2CCN3)cc1C. The number of benzene rings is 2. The first-order valence-electron chi connectivity index (χ1n) is 6.72. The molecule has 0 aliphatic carbocycles. The fourth-order valence-electron chi connectivity index (χ4n) is 3.04. The standard InChI is InChI=1S/C17H19NO/c1-11-9-13(10-12(2)17(11)19-3)14-5-4-6-16-15(14)7-8-18-16/h4-6,9-10,18H,7-8H2,1-3H3. The Hall–Kier alpha value is -1.96. The van der Waals surface area contributed by atoms with Gasteiger partial charge in [-0.05, 0) is 66.3 Å². The summed E-state index contributed by atoms with van der Waals surface area (Å²) >= 11 is 0. The van der Waals surface area contributed by atoms with Gasteiger partial charge in [-0.25, -0.2) is 0 Å². The van der Waals surface area contributed by atoms with Crippen LogP contribution < -0.4 is 10.1 Å². The number of aryl methyl sites for hydroxylation is 2. The molecule has 1 heterocycles. The van der Waals surface area contributed by atoms with Crippen LogP contribution in [0.2, 0.25) is 0 Å². The Morgan fingerprint density at radius 3 is 2.53 bits per heavy atom. The third kappa shape index (κ3) is 1.97. The van der Waals surface area contributed by atoms with Gasteiger partial charge in [-0.15, -0.1) is 0 Å². The first kappa shape index (κ1) is 12.1. The van der Waals surface area contributed by atoms with Crippen LogP contribution in [0.3, 0.4) is 0 Å². The molecule has 2 aromatic rings.